The molecule has 0 spiro atoms. The number of benzene rings is 1. The minimum Gasteiger partial charge on any atom is -0.385 e. The Kier molecular flexibility index (Phi) is 4.38. The molecule has 0 amide bonds. The molecule has 1 N–H and O–H groups in total. The minimum absolute atomic E-state index is 0.0179. The standard InChI is InChI=1S/C17H22ClN3OS/c1-16(2,3)14-19-20-15(23-14)21-10-8-17(22,9-11-21)12-6-4-5-7-13(12)18/h4-7,22H,8-11H2,1-3H3. The molecule has 1 fully saturated rings. The molecule has 1 aromatic heterocycles. The Morgan fingerprint density at radius 2 is 1.83 bits per heavy atom. The van der Waals surface area contributed by atoms with Crippen LogP contribution in [0.5, 0.6) is 0 Å². The molecule has 23 heavy (non-hydrogen) atoms. The van der Waals surface area contributed by atoms with Gasteiger partial charge in [-0.3, -0.25) is 0 Å². The molecule has 1 aliphatic rings. The van der Waals surface area contributed by atoms with E-state index in [2.05, 4.69) is 35.9 Å². The van der Waals surface area contributed by atoms with Gasteiger partial charge in [-0.25, -0.2) is 0 Å². The highest BCUT2D eigenvalue weighted by atomic mass is 35.5. The molecular formula is C17H22ClN3OS. The van der Waals surface area contributed by atoms with Gasteiger partial charge in [-0.2, -0.15) is 0 Å². The molecule has 1 aromatic carbocycles. The van der Waals surface area contributed by atoms with E-state index in [9.17, 15) is 5.11 Å². The van der Waals surface area contributed by atoms with Crippen molar-refractivity contribution in [3.05, 3.63) is 39.9 Å². The number of rotatable bonds is 2. The summed E-state index contributed by atoms with van der Waals surface area (Å²) in [7, 11) is 0. The van der Waals surface area contributed by atoms with Crippen LogP contribution < -0.4 is 4.90 Å². The van der Waals surface area contributed by atoms with E-state index in [-0.39, 0.29) is 5.41 Å². The summed E-state index contributed by atoms with van der Waals surface area (Å²) in [5.41, 5.74) is -0.00917. The van der Waals surface area contributed by atoms with Crippen LogP contribution in [0.25, 0.3) is 0 Å². The lowest BCUT2D eigenvalue weighted by molar-refractivity contribution is 0.0118. The second kappa shape index (κ2) is 6.04. The van der Waals surface area contributed by atoms with Crippen LogP contribution in [-0.2, 0) is 11.0 Å². The van der Waals surface area contributed by atoms with Crippen LogP contribution in [0.4, 0.5) is 5.13 Å². The Bertz CT molecular complexity index is 687. The second-order valence-corrected chi connectivity index (χ2v) is 8.50. The van der Waals surface area contributed by atoms with E-state index in [4.69, 9.17) is 11.6 Å². The zero-order valence-electron chi connectivity index (χ0n) is 13.7. The molecule has 2 heterocycles. The molecular weight excluding hydrogens is 330 g/mol. The van der Waals surface area contributed by atoms with Gasteiger partial charge in [-0.15, -0.1) is 10.2 Å². The summed E-state index contributed by atoms with van der Waals surface area (Å²) in [6.45, 7) is 7.93. The zero-order chi connectivity index (χ0) is 16.7. The van der Waals surface area contributed by atoms with Gasteiger partial charge in [0.05, 0.1) is 5.60 Å². The zero-order valence-corrected chi connectivity index (χ0v) is 15.3. The smallest absolute Gasteiger partial charge is 0.208 e. The number of hydrogen-bond acceptors (Lipinski definition) is 5. The number of halogens is 1. The van der Waals surface area contributed by atoms with E-state index in [0.717, 1.165) is 28.8 Å². The molecule has 0 radical (unpaired) electrons. The van der Waals surface area contributed by atoms with Crippen molar-refractivity contribution in [3.63, 3.8) is 0 Å². The van der Waals surface area contributed by atoms with Gasteiger partial charge < -0.3 is 10.0 Å². The van der Waals surface area contributed by atoms with Crippen LogP contribution in [0.3, 0.4) is 0 Å². The average Bonchev–Trinajstić information content (AvgIpc) is 2.98. The van der Waals surface area contributed by atoms with Crippen LogP contribution in [0.15, 0.2) is 24.3 Å². The largest absolute Gasteiger partial charge is 0.385 e. The van der Waals surface area contributed by atoms with E-state index in [1.807, 2.05) is 24.3 Å². The second-order valence-electron chi connectivity index (χ2n) is 7.14. The molecule has 1 aliphatic heterocycles. The molecule has 0 atom stereocenters. The van der Waals surface area contributed by atoms with E-state index < -0.39 is 5.60 Å². The lowest BCUT2D eigenvalue weighted by Crippen LogP contribution is -2.42. The average molecular weight is 352 g/mol. The lowest BCUT2D eigenvalue weighted by Gasteiger charge is -2.38. The van der Waals surface area contributed by atoms with Crippen LogP contribution in [0.1, 0.15) is 44.2 Å². The number of aromatic nitrogens is 2. The fourth-order valence-electron chi connectivity index (χ4n) is 2.82. The number of piperidine rings is 1. The predicted octanol–water partition coefficient (Wildman–Crippen LogP) is 3.98. The summed E-state index contributed by atoms with van der Waals surface area (Å²) in [6.07, 6.45) is 1.28. The van der Waals surface area contributed by atoms with Crippen LogP contribution >= 0.6 is 22.9 Å². The Labute approximate surface area is 146 Å². The number of anilines is 1. The summed E-state index contributed by atoms with van der Waals surface area (Å²) in [4.78, 5) is 2.21. The topological polar surface area (TPSA) is 49.2 Å². The van der Waals surface area contributed by atoms with E-state index >= 15 is 0 Å². The summed E-state index contributed by atoms with van der Waals surface area (Å²) >= 11 is 7.90. The van der Waals surface area contributed by atoms with E-state index in [1.54, 1.807) is 11.3 Å². The van der Waals surface area contributed by atoms with Crippen molar-refractivity contribution in [2.75, 3.05) is 18.0 Å². The van der Waals surface area contributed by atoms with Gasteiger partial charge in [0.1, 0.15) is 5.01 Å². The fraction of sp³-hybridized carbons (Fsp3) is 0.529. The molecule has 3 rings (SSSR count). The SMILES string of the molecule is CC(C)(C)c1nnc(N2CCC(O)(c3ccccc3Cl)CC2)s1. The van der Waals surface area contributed by atoms with Crippen molar-refractivity contribution in [2.24, 2.45) is 0 Å². The summed E-state index contributed by atoms with van der Waals surface area (Å²) in [6, 6.07) is 7.56. The number of nitrogens with zero attached hydrogens (tertiary/aromatic N) is 3. The summed E-state index contributed by atoms with van der Waals surface area (Å²) in [5, 5.41) is 22.2. The van der Waals surface area contributed by atoms with E-state index in [1.165, 1.54) is 0 Å². The van der Waals surface area contributed by atoms with Crippen molar-refractivity contribution in [1.82, 2.24) is 10.2 Å². The van der Waals surface area contributed by atoms with Crippen LogP contribution in [0.2, 0.25) is 5.02 Å². The normalized spacial score (nSPS) is 18.2. The maximum Gasteiger partial charge on any atom is 0.208 e. The molecule has 1 saturated heterocycles. The van der Waals surface area contributed by atoms with Gasteiger partial charge >= 0.3 is 0 Å². The third-order valence-corrected chi connectivity index (χ3v) is 6.03. The minimum atomic E-state index is -0.855. The molecule has 6 heteroatoms. The Morgan fingerprint density at radius 1 is 1.17 bits per heavy atom. The van der Waals surface area contributed by atoms with Gasteiger partial charge in [0.25, 0.3) is 0 Å². The third kappa shape index (κ3) is 3.37. The number of hydrogen-bond donors (Lipinski definition) is 1. The highest BCUT2D eigenvalue weighted by molar-refractivity contribution is 7.15. The summed E-state index contributed by atoms with van der Waals surface area (Å²) < 4.78 is 0. The van der Waals surface area contributed by atoms with Crippen molar-refractivity contribution in [2.45, 2.75) is 44.6 Å². The first-order valence-corrected chi connectivity index (χ1v) is 9.05. The first kappa shape index (κ1) is 16.7. The maximum atomic E-state index is 11.0. The van der Waals surface area contributed by atoms with Crippen molar-refractivity contribution >= 4 is 28.1 Å². The fourth-order valence-corrected chi connectivity index (χ4v) is 4.09. The van der Waals surface area contributed by atoms with Gasteiger partial charge in [0.2, 0.25) is 5.13 Å². The first-order valence-electron chi connectivity index (χ1n) is 7.86. The predicted molar refractivity (Wildman–Crippen MR) is 95.4 cm³/mol. The van der Waals surface area contributed by atoms with Crippen molar-refractivity contribution < 1.29 is 5.11 Å². The van der Waals surface area contributed by atoms with Crippen molar-refractivity contribution in [3.8, 4) is 0 Å². The Morgan fingerprint density at radius 3 is 2.39 bits per heavy atom. The first-order chi connectivity index (χ1) is 10.8. The monoisotopic (exact) mass is 351 g/mol. The molecule has 0 unspecified atom stereocenters. The van der Waals surface area contributed by atoms with Crippen molar-refractivity contribution in [1.29, 1.82) is 0 Å². The third-order valence-electron chi connectivity index (χ3n) is 4.29. The molecule has 124 valence electrons. The Hall–Kier alpha value is -1.17. The van der Waals surface area contributed by atoms with Gasteiger partial charge in [0.15, 0.2) is 0 Å². The quantitative estimate of drug-likeness (QED) is 0.889. The van der Waals surface area contributed by atoms with Gasteiger partial charge in [-0.1, -0.05) is 61.9 Å². The van der Waals surface area contributed by atoms with Crippen LogP contribution in [0, 0.1) is 0 Å². The Balaban J connectivity index is 1.73. The maximum absolute atomic E-state index is 11.0. The van der Waals surface area contributed by atoms with E-state index in [0.29, 0.717) is 17.9 Å². The molecule has 0 aliphatic carbocycles. The number of aliphatic hydroxyl groups is 1. The van der Waals surface area contributed by atoms with Crippen LogP contribution in [-0.4, -0.2) is 28.4 Å². The highest BCUT2D eigenvalue weighted by Gasteiger charge is 2.36. The molecule has 4 nitrogen and oxygen atoms in total. The highest BCUT2D eigenvalue weighted by Crippen LogP contribution is 2.39. The molecule has 2 aromatic rings. The molecule has 0 bridgehead atoms. The summed E-state index contributed by atoms with van der Waals surface area (Å²) in [5.74, 6) is 0. The van der Waals surface area contributed by atoms with Gasteiger partial charge in [0, 0.05) is 29.1 Å². The van der Waals surface area contributed by atoms with Gasteiger partial charge in [-0.05, 0) is 18.9 Å². The lowest BCUT2D eigenvalue weighted by atomic mass is 9.84. The molecule has 0 saturated carbocycles.